The predicted molar refractivity (Wildman–Crippen MR) is 155 cm³/mol. The summed E-state index contributed by atoms with van der Waals surface area (Å²) in [6.07, 6.45) is 1.06. The van der Waals surface area contributed by atoms with Crippen molar-refractivity contribution in [1.29, 1.82) is 0 Å². The standard InChI is InChI=1S/C28H41N3O10S/c1-18-29-17-20(24(30-18)31(25(32)40-27(2,3)4)26(33)41-28(5,6)7)14-19-15-21(36-8)23(22(16-19)37-9)38-12-11-13-39-42(10,34)35/h15-17H,11-14H2,1-10H3. The molecule has 0 saturated heterocycles. The summed E-state index contributed by atoms with van der Waals surface area (Å²) in [5.74, 6) is 1.34. The van der Waals surface area contributed by atoms with Crippen LogP contribution in [0, 0.1) is 6.92 Å². The summed E-state index contributed by atoms with van der Waals surface area (Å²) in [6.45, 7) is 11.8. The van der Waals surface area contributed by atoms with Crippen molar-refractivity contribution in [2.24, 2.45) is 0 Å². The van der Waals surface area contributed by atoms with E-state index in [2.05, 4.69) is 9.97 Å². The van der Waals surface area contributed by atoms with Gasteiger partial charge in [-0.3, -0.25) is 4.18 Å². The van der Waals surface area contributed by atoms with Crippen molar-refractivity contribution in [3.63, 3.8) is 0 Å². The van der Waals surface area contributed by atoms with Crippen LogP contribution in [0.1, 0.15) is 64.9 Å². The highest BCUT2D eigenvalue weighted by Crippen LogP contribution is 2.39. The summed E-state index contributed by atoms with van der Waals surface area (Å²) in [5.41, 5.74) is -0.702. The van der Waals surface area contributed by atoms with E-state index in [0.29, 0.717) is 40.6 Å². The number of aryl methyl sites for hydroxylation is 1. The molecule has 0 aliphatic heterocycles. The molecule has 0 aliphatic carbocycles. The highest BCUT2D eigenvalue weighted by Gasteiger charge is 2.35. The molecule has 234 valence electrons. The van der Waals surface area contributed by atoms with E-state index in [0.717, 1.165) is 11.2 Å². The van der Waals surface area contributed by atoms with Gasteiger partial charge in [-0.05, 0) is 66.2 Å². The smallest absolute Gasteiger partial charge is 0.425 e. The van der Waals surface area contributed by atoms with E-state index in [9.17, 15) is 18.0 Å². The molecule has 2 amide bonds. The van der Waals surface area contributed by atoms with Crippen LogP contribution in [-0.4, -0.2) is 75.5 Å². The summed E-state index contributed by atoms with van der Waals surface area (Å²) in [5, 5.41) is 0. The van der Waals surface area contributed by atoms with Gasteiger partial charge in [0, 0.05) is 24.6 Å². The minimum absolute atomic E-state index is 0.00939. The van der Waals surface area contributed by atoms with Gasteiger partial charge >= 0.3 is 12.2 Å². The Kier molecular flexibility index (Phi) is 11.5. The zero-order chi connectivity index (χ0) is 31.9. The van der Waals surface area contributed by atoms with Crippen LogP contribution in [0.3, 0.4) is 0 Å². The van der Waals surface area contributed by atoms with Crippen LogP contribution in [0.25, 0.3) is 0 Å². The minimum atomic E-state index is -3.55. The summed E-state index contributed by atoms with van der Waals surface area (Å²) in [4.78, 5) is 36.1. The number of ether oxygens (including phenoxy) is 5. The number of anilines is 1. The molecule has 1 heterocycles. The summed E-state index contributed by atoms with van der Waals surface area (Å²) < 4.78 is 55.0. The lowest BCUT2D eigenvalue weighted by atomic mass is 10.0. The van der Waals surface area contributed by atoms with E-state index in [4.69, 9.17) is 27.9 Å². The zero-order valence-electron chi connectivity index (χ0n) is 25.9. The van der Waals surface area contributed by atoms with Crippen molar-refractivity contribution in [3.05, 3.63) is 35.3 Å². The molecule has 1 aromatic carbocycles. The third-order valence-corrected chi connectivity index (χ3v) is 5.67. The second-order valence-electron chi connectivity index (χ2n) is 11.3. The number of carbonyl (C=O) groups is 2. The van der Waals surface area contributed by atoms with Gasteiger partial charge in [0.1, 0.15) is 17.0 Å². The number of benzene rings is 1. The molecule has 0 fully saturated rings. The number of methoxy groups -OCH3 is 2. The largest absolute Gasteiger partial charge is 0.493 e. The summed E-state index contributed by atoms with van der Waals surface area (Å²) in [6, 6.07) is 3.42. The molecule has 0 aliphatic rings. The molecule has 1 aromatic heterocycles. The van der Waals surface area contributed by atoms with Crippen molar-refractivity contribution in [1.82, 2.24) is 9.97 Å². The van der Waals surface area contributed by atoms with Crippen LogP contribution < -0.4 is 19.1 Å². The third kappa shape index (κ3) is 11.0. The van der Waals surface area contributed by atoms with Crippen LogP contribution in [0.2, 0.25) is 0 Å². The third-order valence-electron chi connectivity index (χ3n) is 5.07. The maximum absolute atomic E-state index is 13.3. The molecule has 0 N–H and O–H groups in total. The van der Waals surface area contributed by atoms with E-state index < -0.39 is 33.5 Å². The van der Waals surface area contributed by atoms with E-state index in [-0.39, 0.29) is 25.5 Å². The molecule has 2 rings (SSSR count). The Morgan fingerprint density at radius 3 is 1.88 bits per heavy atom. The Bertz CT molecular complexity index is 1310. The molecule has 0 unspecified atom stereocenters. The van der Waals surface area contributed by atoms with Gasteiger partial charge in [-0.1, -0.05) is 0 Å². The molecule has 2 aromatic rings. The van der Waals surface area contributed by atoms with Gasteiger partial charge in [0.05, 0.1) is 33.7 Å². The monoisotopic (exact) mass is 611 g/mol. The van der Waals surface area contributed by atoms with Crippen LogP contribution in [-0.2, 0) is 30.2 Å². The summed E-state index contributed by atoms with van der Waals surface area (Å²) in [7, 11) is -0.621. The lowest BCUT2D eigenvalue weighted by Crippen LogP contribution is -2.44. The van der Waals surface area contributed by atoms with Gasteiger partial charge in [0.2, 0.25) is 5.75 Å². The molecule has 0 saturated carbocycles. The second-order valence-corrected chi connectivity index (χ2v) is 12.9. The van der Waals surface area contributed by atoms with Crippen molar-refractivity contribution < 1.29 is 45.9 Å². The minimum Gasteiger partial charge on any atom is -0.493 e. The van der Waals surface area contributed by atoms with Gasteiger partial charge in [-0.25, -0.2) is 19.6 Å². The van der Waals surface area contributed by atoms with E-state index in [1.807, 2.05) is 0 Å². The molecule has 0 bridgehead atoms. The normalized spacial score (nSPS) is 12.0. The Balaban J connectivity index is 2.48. The van der Waals surface area contributed by atoms with Crippen molar-refractivity contribution in [3.8, 4) is 17.2 Å². The Morgan fingerprint density at radius 2 is 1.43 bits per heavy atom. The quantitative estimate of drug-likeness (QED) is 0.253. The molecule has 14 heteroatoms. The van der Waals surface area contributed by atoms with Gasteiger partial charge in [-0.15, -0.1) is 0 Å². The molecule has 0 radical (unpaired) electrons. The number of hydrogen-bond donors (Lipinski definition) is 0. The van der Waals surface area contributed by atoms with E-state index >= 15 is 0 Å². The Hall–Kier alpha value is -3.65. The molecular weight excluding hydrogens is 570 g/mol. The number of amides is 2. The maximum Gasteiger partial charge on any atom is 0.425 e. The highest BCUT2D eigenvalue weighted by molar-refractivity contribution is 7.85. The fourth-order valence-electron chi connectivity index (χ4n) is 3.51. The lowest BCUT2D eigenvalue weighted by molar-refractivity contribution is 0.0428. The number of carbonyl (C=O) groups excluding carboxylic acids is 2. The van der Waals surface area contributed by atoms with Crippen LogP contribution in [0.4, 0.5) is 15.4 Å². The van der Waals surface area contributed by atoms with Crippen molar-refractivity contribution in [2.75, 3.05) is 38.6 Å². The molecule has 0 atom stereocenters. The van der Waals surface area contributed by atoms with Gasteiger partial charge in [-0.2, -0.15) is 13.3 Å². The zero-order valence-corrected chi connectivity index (χ0v) is 26.7. The molecule has 13 nitrogen and oxygen atoms in total. The summed E-state index contributed by atoms with van der Waals surface area (Å²) >= 11 is 0. The SMILES string of the molecule is COc1cc(Cc2cnc(C)nc2N(C(=O)OC(C)(C)C)C(=O)OC(C)(C)C)cc(OC)c1OCCCOS(C)(=O)=O. The fourth-order valence-corrected chi connectivity index (χ4v) is 3.93. The Labute approximate surface area is 247 Å². The number of nitrogens with zero attached hydrogens (tertiary/aromatic N) is 3. The van der Waals surface area contributed by atoms with E-state index in [1.54, 1.807) is 60.6 Å². The van der Waals surface area contributed by atoms with Gasteiger partial charge < -0.3 is 23.7 Å². The number of hydrogen-bond acceptors (Lipinski definition) is 12. The molecular formula is C28H41N3O10S. The second kappa shape index (κ2) is 14.0. The molecule has 0 spiro atoms. The van der Waals surface area contributed by atoms with Crippen LogP contribution >= 0.6 is 0 Å². The van der Waals surface area contributed by atoms with Crippen molar-refractivity contribution in [2.45, 2.75) is 72.5 Å². The first-order chi connectivity index (χ1) is 19.3. The van der Waals surface area contributed by atoms with Gasteiger partial charge in [0.15, 0.2) is 17.3 Å². The molecule has 42 heavy (non-hydrogen) atoms. The van der Waals surface area contributed by atoms with Crippen LogP contribution in [0.5, 0.6) is 17.2 Å². The first-order valence-corrected chi connectivity index (χ1v) is 15.0. The first kappa shape index (κ1) is 34.6. The average Bonchev–Trinajstić information content (AvgIpc) is 2.82. The number of rotatable bonds is 11. The van der Waals surface area contributed by atoms with Crippen molar-refractivity contribution >= 4 is 28.1 Å². The first-order valence-electron chi connectivity index (χ1n) is 13.1. The van der Waals surface area contributed by atoms with Crippen LogP contribution in [0.15, 0.2) is 18.3 Å². The number of imide groups is 1. The topological polar surface area (TPSA) is 153 Å². The fraction of sp³-hybridized carbons (Fsp3) is 0.571. The van der Waals surface area contributed by atoms with Gasteiger partial charge in [0.25, 0.3) is 10.1 Å². The predicted octanol–water partition coefficient (Wildman–Crippen LogP) is 4.81. The highest BCUT2D eigenvalue weighted by atomic mass is 32.2. The maximum atomic E-state index is 13.3. The average molecular weight is 612 g/mol. The van der Waals surface area contributed by atoms with E-state index in [1.165, 1.54) is 20.4 Å². The lowest BCUT2D eigenvalue weighted by Gasteiger charge is -2.29. The Morgan fingerprint density at radius 1 is 0.905 bits per heavy atom. The number of aromatic nitrogens is 2.